The van der Waals surface area contributed by atoms with Crippen molar-refractivity contribution in [2.24, 2.45) is 0 Å². The van der Waals surface area contributed by atoms with Crippen LogP contribution in [-0.4, -0.2) is 35.1 Å². The molecule has 156 valence electrons. The minimum atomic E-state index is -0.640. The number of carbonyl (C=O) groups is 1. The molecular formula is C25H24N4O2. The van der Waals surface area contributed by atoms with E-state index in [4.69, 9.17) is 9.72 Å². The van der Waals surface area contributed by atoms with E-state index in [2.05, 4.69) is 27.4 Å². The fourth-order valence-corrected chi connectivity index (χ4v) is 3.69. The number of hydrogen-bond donors (Lipinski definition) is 1. The summed E-state index contributed by atoms with van der Waals surface area (Å²) in [6.07, 6.45) is 7.10. The average molecular weight is 412 g/mol. The predicted molar refractivity (Wildman–Crippen MR) is 120 cm³/mol. The number of aromatic nitrogens is 3. The summed E-state index contributed by atoms with van der Waals surface area (Å²) in [4.78, 5) is 25.6. The third-order valence-electron chi connectivity index (χ3n) is 5.30. The molecule has 1 aromatic carbocycles. The molecule has 4 rings (SSSR count). The quantitative estimate of drug-likeness (QED) is 0.464. The Morgan fingerprint density at radius 2 is 1.87 bits per heavy atom. The highest BCUT2D eigenvalue weighted by molar-refractivity contribution is 5.95. The summed E-state index contributed by atoms with van der Waals surface area (Å²) in [7, 11) is 3.10. The monoisotopic (exact) mass is 412 g/mol. The molecule has 0 radical (unpaired) electrons. The molecule has 0 bridgehead atoms. The Morgan fingerprint density at radius 3 is 2.58 bits per heavy atom. The third-order valence-corrected chi connectivity index (χ3v) is 5.30. The van der Waals surface area contributed by atoms with Crippen molar-refractivity contribution in [3.8, 4) is 11.1 Å². The van der Waals surface area contributed by atoms with Gasteiger partial charge in [0.05, 0.1) is 18.3 Å². The number of benzene rings is 1. The molecule has 6 heteroatoms. The van der Waals surface area contributed by atoms with E-state index in [1.165, 1.54) is 12.7 Å². The number of nitrogens with one attached hydrogen (secondary N) is 1. The van der Waals surface area contributed by atoms with E-state index >= 15 is 0 Å². The number of aryl methyl sites for hydroxylation is 2. The molecule has 1 atom stereocenters. The van der Waals surface area contributed by atoms with E-state index in [1.807, 2.05) is 48.7 Å². The lowest BCUT2D eigenvalue weighted by atomic mass is 9.96. The summed E-state index contributed by atoms with van der Waals surface area (Å²) in [6, 6.07) is 17.5. The highest BCUT2D eigenvalue weighted by atomic mass is 16.5. The SMILES string of the molecule is CNC(C(=O)OC)c1cc(-c2ccncc2)c2cc(CCc3ccccn3)ccc2n1. The largest absolute Gasteiger partial charge is 0.468 e. The number of likely N-dealkylation sites (N-methyl/N-ethyl adjacent to an activating group) is 1. The average Bonchev–Trinajstić information content (AvgIpc) is 2.83. The van der Waals surface area contributed by atoms with Gasteiger partial charge < -0.3 is 10.1 Å². The maximum absolute atomic E-state index is 12.3. The van der Waals surface area contributed by atoms with Crippen molar-refractivity contribution in [1.29, 1.82) is 0 Å². The van der Waals surface area contributed by atoms with Gasteiger partial charge in [-0.1, -0.05) is 12.1 Å². The fraction of sp³-hybridized carbons (Fsp3) is 0.200. The van der Waals surface area contributed by atoms with E-state index in [9.17, 15) is 4.79 Å². The van der Waals surface area contributed by atoms with Gasteiger partial charge in [0.2, 0.25) is 0 Å². The van der Waals surface area contributed by atoms with Crippen LogP contribution in [-0.2, 0) is 22.4 Å². The zero-order valence-electron chi connectivity index (χ0n) is 17.6. The molecule has 6 nitrogen and oxygen atoms in total. The van der Waals surface area contributed by atoms with Crippen LogP contribution in [0, 0.1) is 0 Å². The molecule has 3 aromatic heterocycles. The van der Waals surface area contributed by atoms with Gasteiger partial charge in [-0.15, -0.1) is 0 Å². The van der Waals surface area contributed by atoms with Crippen molar-refractivity contribution in [1.82, 2.24) is 20.3 Å². The van der Waals surface area contributed by atoms with E-state index in [-0.39, 0.29) is 5.97 Å². The van der Waals surface area contributed by atoms with E-state index < -0.39 is 6.04 Å². The van der Waals surface area contributed by atoms with Crippen molar-refractivity contribution in [2.75, 3.05) is 14.2 Å². The number of pyridine rings is 3. The van der Waals surface area contributed by atoms with Crippen molar-refractivity contribution < 1.29 is 9.53 Å². The van der Waals surface area contributed by atoms with Crippen LogP contribution < -0.4 is 5.32 Å². The van der Waals surface area contributed by atoms with Crippen LogP contribution in [0.5, 0.6) is 0 Å². The Bertz CT molecular complexity index is 1180. The second-order valence-corrected chi connectivity index (χ2v) is 7.25. The van der Waals surface area contributed by atoms with Gasteiger partial charge in [0.1, 0.15) is 6.04 Å². The lowest BCUT2D eigenvalue weighted by Gasteiger charge is -2.17. The number of nitrogens with zero attached hydrogens (tertiary/aromatic N) is 3. The zero-order chi connectivity index (χ0) is 21.6. The molecule has 0 aliphatic rings. The van der Waals surface area contributed by atoms with E-state index in [0.717, 1.165) is 40.6 Å². The third kappa shape index (κ3) is 4.59. The first-order chi connectivity index (χ1) is 15.2. The molecule has 0 aliphatic heterocycles. The highest BCUT2D eigenvalue weighted by Crippen LogP contribution is 2.31. The van der Waals surface area contributed by atoms with E-state index in [0.29, 0.717) is 5.69 Å². The first-order valence-corrected chi connectivity index (χ1v) is 10.2. The Hall–Kier alpha value is -3.64. The van der Waals surface area contributed by atoms with Crippen LogP contribution in [0.1, 0.15) is 23.0 Å². The van der Waals surface area contributed by atoms with Crippen molar-refractivity contribution in [3.05, 3.63) is 90.1 Å². The minimum Gasteiger partial charge on any atom is -0.468 e. The van der Waals surface area contributed by atoms with Gasteiger partial charge in [-0.3, -0.25) is 15.0 Å². The fourth-order valence-electron chi connectivity index (χ4n) is 3.69. The van der Waals surface area contributed by atoms with Crippen LogP contribution >= 0.6 is 0 Å². The van der Waals surface area contributed by atoms with Crippen molar-refractivity contribution in [3.63, 3.8) is 0 Å². The number of carbonyl (C=O) groups excluding carboxylic acids is 1. The molecule has 1 N–H and O–H groups in total. The summed E-state index contributed by atoms with van der Waals surface area (Å²) in [5.74, 6) is -0.373. The molecule has 0 saturated carbocycles. The van der Waals surface area contributed by atoms with Crippen molar-refractivity contribution in [2.45, 2.75) is 18.9 Å². The lowest BCUT2D eigenvalue weighted by molar-refractivity contribution is -0.143. The molecule has 0 aliphatic carbocycles. The van der Waals surface area contributed by atoms with Gasteiger partial charge in [-0.25, -0.2) is 4.79 Å². The predicted octanol–water partition coefficient (Wildman–Crippen LogP) is 3.91. The molecule has 0 fully saturated rings. The summed E-state index contributed by atoms with van der Waals surface area (Å²) in [5, 5.41) is 4.04. The molecule has 31 heavy (non-hydrogen) atoms. The van der Waals surface area contributed by atoms with Gasteiger partial charge in [-0.05, 0) is 79.0 Å². The molecule has 1 unspecified atom stereocenters. The van der Waals surface area contributed by atoms with Gasteiger partial charge in [0, 0.05) is 29.7 Å². The van der Waals surface area contributed by atoms with Crippen LogP contribution in [0.4, 0.5) is 0 Å². The highest BCUT2D eigenvalue weighted by Gasteiger charge is 2.22. The Morgan fingerprint density at radius 1 is 1.03 bits per heavy atom. The number of methoxy groups -OCH3 is 1. The Labute approximate surface area is 181 Å². The van der Waals surface area contributed by atoms with Gasteiger partial charge in [-0.2, -0.15) is 0 Å². The number of rotatable bonds is 7. The lowest BCUT2D eigenvalue weighted by Crippen LogP contribution is -2.27. The maximum atomic E-state index is 12.3. The normalized spacial score (nSPS) is 11.9. The second-order valence-electron chi connectivity index (χ2n) is 7.25. The van der Waals surface area contributed by atoms with Gasteiger partial charge >= 0.3 is 5.97 Å². The number of fused-ring (bicyclic) bond motifs is 1. The molecule has 4 aromatic rings. The number of esters is 1. The smallest absolute Gasteiger partial charge is 0.329 e. The topological polar surface area (TPSA) is 77.0 Å². The molecule has 0 saturated heterocycles. The van der Waals surface area contributed by atoms with Gasteiger partial charge in [0.15, 0.2) is 0 Å². The second kappa shape index (κ2) is 9.45. The first kappa shape index (κ1) is 20.6. The Balaban J connectivity index is 1.78. The van der Waals surface area contributed by atoms with Crippen LogP contribution in [0.25, 0.3) is 22.0 Å². The van der Waals surface area contributed by atoms with Gasteiger partial charge in [0.25, 0.3) is 0 Å². The maximum Gasteiger partial charge on any atom is 0.329 e. The molecule has 0 amide bonds. The number of hydrogen-bond acceptors (Lipinski definition) is 6. The standard InChI is InChI=1S/C25H24N4O2/c1-26-24(25(30)31-2)23-16-20(18-10-13-27-14-11-18)21-15-17(7-9-22(21)29-23)6-8-19-5-3-4-12-28-19/h3-5,7,9-16,24,26H,6,8H2,1-2H3. The first-order valence-electron chi connectivity index (χ1n) is 10.2. The van der Waals surface area contributed by atoms with E-state index in [1.54, 1.807) is 19.4 Å². The number of ether oxygens (including phenoxy) is 1. The minimum absolute atomic E-state index is 0.373. The molecular weight excluding hydrogens is 388 g/mol. The van der Waals surface area contributed by atoms with Crippen molar-refractivity contribution >= 4 is 16.9 Å². The van der Waals surface area contributed by atoms with Crippen LogP contribution in [0.2, 0.25) is 0 Å². The Kier molecular flexibility index (Phi) is 6.29. The van der Waals surface area contributed by atoms with Crippen LogP contribution in [0.15, 0.2) is 73.2 Å². The molecule has 3 heterocycles. The summed E-state index contributed by atoms with van der Waals surface area (Å²) in [5.41, 5.74) is 5.75. The molecule has 0 spiro atoms. The van der Waals surface area contributed by atoms with Crippen LogP contribution in [0.3, 0.4) is 0 Å². The zero-order valence-corrected chi connectivity index (χ0v) is 17.6. The summed E-state index contributed by atoms with van der Waals surface area (Å²) in [6.45, 7) is 0. The summed E-state index contributed by atoms with van der Waals surface area (Å²) < 4.78 is 4.95. The summed E-state index contributed by atoms with van der Waals surface area (Å²) >= 11 is 0.